The molecule has 10 heteroatoms. The number of Topliss-reactive ketones (excluding diaryl/α,β-unsaturated/α-hetero) is 1. The fraction of sp³-hybridized carbons (Fsp3) is 0.167. The molecule has 1 aliphatic carbocycles. The average Bonchev–Trinajstić information content (AvgIpc) is 3.05. The molecule has 1 aromatic carbocycles. The molecule has 1 amide bonds. The number of ketones is 1. The highest BCUT2D eigenvalue weighted by atomic mass is 35.5. The van der Waals surface area contributed by atoms with Crippen LogP contribution in [0.15, 0.2) is 51.9 Å². The van der Waals surface area contributed by atoms with Crippen LogP contribution in [-0.2, 0) is 21.2 Å². The third-order valence-electron chi connectivity index (χ3n) is 4.43. The largest absolute Gasteiger partial charge is 0.380 e. The van der Waals surface area contributed by atoms with Gasteiger partial charge in [0.05, 0.1) is 22.0 Å². The Labute approximate surface area is 170 Å². The van der Waals surface area contributed by atoms with Crippen LogP contribution in [0.4, 0.5) is 5.69 Å². The Kier molecular flexibility index (Phi) is 4.82. The number of anilines is 1. The van der Waals surface area contributed by atoms with Crippen LogP contribution in [0.3, 0.4) is 0 Å². The molecule has 2 N–H and O–H groups in total. The number of aromatic nitrogens is 1. The molecule has 0 atom stereocenters. The van der Waals surface area contributed by atoms with E-state index < -0.39 is 9.84 Å². The van der Waals surface area contributed by atoms with Gasteiger partial charge >= 0.3 is 0 Å². The summed E-state index contributed by atoms with van der Waals surface area (Å²) in [6.07, 6.45) is 4.79. The number of amides is 1. The number of carbonyl (C=O) groups excluding carboxylic acids is 2. The molecular formula is C18H14ClN3O4S2. The molecule has 28 heavy (non-hydrogen) atoms. The first-order valence-electron chi connectivity index (χ1n) is 8.30. The molecule has 7 nitrogen and oxygen atoms in total. The molecule has 2 aliphatic rings. The molecule has 0 unspecified atom stereocenters. The lowest BCUT2D eigenvalue weighted by Gasteiger charge is -2.12. The lowest BCUT2D eigenvalue weighted by atomic mass is 10.0. The van der Waals surface area contributed by atoms with Crippen molar-refractivity contribution in [3.8, 4) is 0 Å². The zero-order valence-electron chi connectivity index (χ0n) is 14.4. The van der Waals surface area contributed by atoms with Crippen LogP contribution in [0, 0.1) is 0 Å². The van der Waals surface area contributed by atoms with Crippen LogP contribution >= 0.6 is 22.9 Å². The second-order valence-electron chi connectivity index (χ2n) is 6.20. The minimum absolute atomic E-state index is 0.0225. The van der Waals surface area contributed by atoms with E-state index in [1.165, 1.54) is 35.6 Å². The molecule has 1 aliphatic heterocycles. The number of nitrogens with one attached hydrogen (secondary N) is 2. The van der Waals surface area contributed by atoms with Gasteiger partial charge in [0.25, 0.3) is 5.91 Å². The van der Waals surface area contributed by atoms with E-state index >= 15 is 0 Å². The lowest BCUT2D eigenvalue weighted by Crippen LogP contribution is -2.22. The summed E-state index contributed by atoms with van der Waals surface area (Å²) in [6.45, 7) is 0.357. The van der Waals surface area contributed by atoms with Gasteiger partial charge in [-0.3, -0.25) is 9.59 Å². The van der Waals surface area contributed by atoms with Gasteiger partial charge in [0, 0.05) is 35.2 Å². The Hall–Kier alpha value is -2.49. The van der Waals surface area contributed by atoms with Crippen molar-refractivity contribution < 1.29 is 18.0 Å². The maximum atomic E-state index is 13.0. The molecule has 0 fully saturated rings. The van der Waals surface area contributed by atoms with Gasteiger partial charge in [0.1, 0.15) is 0 Å². The first-order chi connectivity index (χ1) is 13.4. The van der Waals surface area contributed by atoms with Crippen molar-refractivity contribution in [2.24, 2.45) is 0 Å². The van der Waals surface area contributed by atoms with E-state index in [1.807, 2.05) is 0 Å². The maximum absolute atomic E-state index is 13.0. The van der Waals surface area contributed by atoms with Gasteiger partial charge < -0.3 is 10.6 Å². The van der Waals surface area contributed by atoms with Crippen molar-refractivity contribution in [2.75, 3.05) is 11.9 Å². The minimum Gasteiger partial charge on any atom is -0.380 e. The summed E-state index contributed by atoms with van der Waals surface area (Å²) in [5.74, 6) is -0.577. The smallest absolute Gasteiger partial charge is 0.251 e. The first kappa shape index (κ1) is 18.9. The molecule has 1 aromatic heterocycles. The van der Waals surface area contributed by atoms with E-state index in [4.69, 9.17) is 11.6 Å². The normalized spacial score (nSPS) is 17.4. The highest BCUT2D eigenvalue weighted by Crippen LogP contribution is 2.35. The monoisotopic (exact) mass is 435 g/mol. The number of hydrogen-bond donors (Lipinski definition) is 2. The second kappa shape index (κ2) is 7.16. The zero-order valence-corrected chi connectivity index (χ0v) is 16.7. The minimum atomic E-state index is -3.85. The molecule has 2 heterocycles. The van der Waals surface area contributed by atoms with Crippen molar-refractivity contribution in [1.29, 1.82) is 0 Å². The topological polar surface area (TPSA) is 105 Å². The fourth-order valence-electron chi connectivity index (χ4n) is 3.05. The van der Waals surface area contributed by atoms with E-state index in [0.717, 1.165) is 4.88 Å². The standard InChI is InChI=1S/C18H14ClN3O4S2/c19-18-22-8-11(27-18)7-21-17(24)10-4-5-16-13(6-10)20-9-12-14(23)2-1-3-15(12)28(16,25)26/h1,3-6,8,20H,2,7,9H2,(H,21,24). The summed E-state index contributed by atoms with van der Waals surface area (Å²) in [6, 6.07) is 4.32. The second-order valence-corrected chi connectivity index (χ2v) is 9.79. The number of sulfone groups is 1. The van der Waals surface area contributed by atoms with Crippen LogP contribution in [-0.4, -0.2) is 31.6 Å². The number of benzene rings is 1. The van der Waals surface area contributed by atoms with Crippen molar-refractivity contribution in [3.63, 3.8) is 0 Å². The van der Waals surface area contributed by atoms with Gasteiger partial charge in [0.2, 0.25) is 9.84 Å². The Morgan fingerprint density at radius 3 is 2.93 bits per heavy atom. The molecule has 0 saturated heterocycles. The van der Waals surface area contributed by atoms with Crippen LogP contribution in [0.1, 0.15) is 21.7 Å². The van der Waals surface area contributed by atoms with Gasteiger partial charge in [-0.2, -0.15) is 0 Å². The summed E-state index contributed by atoms with van der Waals surface area (Å²) in [5.41, 5.74) is 0.842. The van der Waals surface area contributed by atoms with Gasteiger partial charge in [-0.15, -0.1) is 11.3 Å². The SMILES string of the molecule is O=C1CC=CC2=C1CNc1cc(C(=O)NCc3cnc(Cl)s3)ccc1S2(=O)=O. The third-order valence-corrected chi connectivity index (χ3v) is 7.44. The van der Waals surface area contributed by atoms with E-state index in [2.05, 4.69) is 15.6 Å². The molecule has 0 bridgehead atoms. The predicted octanol–water partition coefficient (Wildman–Crippen LogP) is 2.71. The molecule has 144 valence electrons. The Morgan fingerprint density at radius 1 is 1.36 bits per heavy atom. The highest BCUT2D eigenvalue weighted by Gasteiger charge is 2.32. The summed E-state index contributed by atoms with van der Waals surface area (Å²) >= 11 is 7.04. The van der Waals surface area contributed by atoms with Crippen molar-refractivity contribution in [1.82, 2.24) is 10.3 Å². The molecule has 4 rings (SSSR count). The summed E-state index contributed by atoms with van der Waals surface area (Å²) in [4.78, 5) is 29.4. The fourth-order valence-corrected chi connectivity index (χ4v) is 5.66. The number of allylic oxidation sites excluding steroid dienone is 2. The van der Waals surface area contributed by atoms with Crippen molar-refractivity contribution in [3.05, 3.63) is 61.9 Å². The van der Waals surface area contributed by atoms with Crippen LogP contribution < -0.4 is 10.6 Å². The van der Waals surface area contributed by atoms with Crippen LogP contribution in [0.2, 0.25) is 4.47 Å². The summed E-state index contributed by atoms with van der Waals surface area (Å²) in [5, 5.41) is 5.73. The number of nitrogens with zero attached hydrogens (tertiary/aromatic N) is 1. The summed E-state index contributed by atoms with van der Waals surface area (Å²) in [7, 11) is -3.85. The predicted molar refractivity (Wildman–Crippen MR) is 106 cm³/mol. The third kappa shape index (κ3) is 3.36. The highest BCUT2D eigenvalue weighted by molar-refractivity contribution is 7.95. The van der Waals surface area contributed by atoms with Crippen LogP contribution in [0.25, 0.3) is 0 Å². The number of fused-ring (bicyclic) bond motifs is 1. The summed E-state index contributed by atoms with van der Waals surface area (Å²) < 4.78 is 26.3. The van der Waals surface area contributed by atoms with Gasteiger partial charge in [-0.25, -0.2) is 13.4 Å². The van der Waals surface area contributed by atoms with Gasteiger partial charge in [0.15, 0.2) is 10.3 Å². The first-order valence-corrected chi connectivity index (χ1v) is 11.0. The molecule has 2 aromatic rings. The maximum Gasteiger partial charge on any atom is 0.251 e. The Bertz CT molecular complexity index is 1170. The lowest BCUT2D eigenvalue weighted by molar-refractivity contribution is -0.114. The molecular weight excluding hydrogens is 422 g/mol. The zero-order chi connectivity index (χ0) is 19.9. The van der Waals surface area contributed by atoms with Crippen LogP contribution in [0.5, 0.6) is 0 Å². The molecule has 0 spiro atoms. The van der Waals surface area contributed by atoms with Gasteiger partial charge in [-0.05, 0) is 24.3 Å². The average molecular weight is 436 g/mol. The van der Waals surface area contributed by atoms with E-state index in [1.54, 1.807) is 12.3 Å². The van der Waals surface area contributed by atoms with Crippen molar-refractivity contribution >= 4 is 50.2 Å². The van der Waals surface area contributed by atoms with Crippen molar-refractivity contribution in [2.45, 2.75) is 17.9 Å². The Balaban J connectivity index is 1.61. The number of halogens is 1. The quantitative estimate of drug-likeness (QED) is 0.767. The number of hydrogen-bond acceptors (Lipinski definition) is 7. The Morgan fingerprint density at radius 2 is 2.18 bits per heavy atom. The number of carbonyl (C=O) groups is 2. The van der Waals surface area contributed by atoms with E-state index in [0.29, 0.717) is 15.7 Å². The van der Waals surface area contributed by atoms with E-state index in [9.17, 15) is 18.0 Å². The van der Waals surface area contributed by atoms with Gasteiger partial charge in [-0.1, -0.05) is 17.7 Å². The molecule has 0 saturated carbocycles. The van der Waals surface area contributed by atoms with E-state index in [-0.39, 0.29) is 46.6 Å². The molecule has 0 radical (unpaired) electrons. The number of rotatable bonds is 3. The number of thiazole rings is 1.